The number of rotatable bonds is 14. The van der Waals surface area contributed by atoms with Gasteiger partial charge in [0.25, 0.3) is 10.0 Å². The summed E-state index contributed by atoms with van der Waals surface area (Å²) in [7, 11) is -1.36. The molecule has 242 valence electrons. The SMILES string of the molecule is COc1ccc(S(=O)(=O)N(CC(=O)N(Cc2ccc(C)cc2)C(Cc2ccccc2)C(=O)NC(C)C)c2ccccc2OC)cc1. The van der Waals surface area contributed by atoms with E-state index in [0.29, 0.717) is 5.75 Å². The van der Waals surface area contributed by atoms with Crippen LogP contribution in [-0.4, -0.2) is 58.0 Å². The van der Waals surface area contributed by atoms with Crippen molar-refractivity contribution in [3.8, 4) is 11.5 Å². The highest BCUT2D eigenvalue weighted by atomic mass is 32.2. The van der Waals surface area contributed by atoms with Crippen LogP contribution in [-0.2, 0) is 32.6 Å². The van der Waals surface area contributed by atoms with Crippen LogP contribution in [0.2, 0.25) is 0 Å². The van der Waals surface area contributed by atoms with E-state index in [4.69, 9.17) is 9.47 Å². The van der Waals surface area contributed by atoms with Crippen LogP contribution < -0.4 is 19.1 Å². The van der Waals surface area contributed by atoms with E-state index < -0.39 is 28.5 Å². The number of para-hydroxylation sites is 2. The Morgan fingerprint density at radius 3 is 2.02 bits per heavy atom. The zero-order valence-corrected chi connectivity index (χ0v) is 27.7. The van der Waals surface area contributed by atoms with Crippen LogP contribution in [0.3, 0.4) is 0 Å². The van der Waals surface area contributed by atoms with E-state index in [1.807, 2.05) is 75.4 Å². The number of carbonyl (C=O) groups is 2. The number of hydrogen-bond donors (Lipinski definition) is 1. The van der Waals surface area contributed by atoms with Gasteiger partial charge in [0.15, 0.2) is 0 Å². The highest BCUT2D eigenvalue weighted by Crippen LogP contribution is 2.33. The van der Waals surface area contributed by atoms with Crippen molar-refractivity contribution in [2.75, 3.05) is 25.1 Å². The maximum atomic E-state index is 14.6. The molecular formula is C36H41N3O6S. The average Bonchev–Trinajstić information content (AvgIpc) is 3.06. The monoisotopic (exact) mass is 643 g/mol. The summed E-state index contributed by atoms with van der Waals surface area (Å²) in [5.74, 6) is -0.122. The Balaban J connectivity index is 1.83. The molecule has 4 aromatic rings. The molecule has 1 N–H and O–H groups in total. The van der Waals surface area contributed by atoms with Gasteiger partial charge in [0.1, 0.15) is 24.1 Å². The van der Waals surface area contributed by atoms with Crippen LogP contribution in [0.25, 0.3) is 0 Å². The maximum Gasteiger partial charge on any atom is 0.264 e. The molecule has 1 unspecified atom stereocenters. The molecule has 0 bridgehead atoms. The van der Waals surface area contributed by atoms with Gasteiger partial charge in [-0.05, 0) is 68.3 Å². The Hall–Kier alpha value is -4.83. The molecule has 1 atom stereocenters. The summed E-state index contributed by atoms with van der Waals surface area (Å²) in [6.45, 7) is 5.18. The molecule has 0 heterocycles. The van der Waals surface area contributed by atoms with Gasteiger partial charge in [0.05, 0.1) is 24.8 Å². The van der Waals surface area contributed by atoms with E-state index in [2.05, 4.69) is 5.32 Å². The van der Waals surface area contributed by atoms with Crippen molar-refractivity contribution >= 4 is 27.5 Å². The largest absolute Gasteiger partial charge is 0.497 e. The molecular weight excluding hydrogens is 602 g/mol. The van der Waals surface area contributed by atoms with Crippen LogP contribution in [0.4, 0.5) is 5.69 Å². The molecule has 10 heteroatoms. The number of amides is 2. The quantitative estimate of drug-likeness (QED) is 0.198. The molecule has 0 aliphatic carbocycles. The first kappa shape index (κ1) is 34.1. The van der Waals surface area contributed by atoms with Crippen LogP contribution in [0.1, 0.15) is 30.5 Å². The highest BCUT2D eigenvalue weighted by Gasteiger charge is 2.35. The van der Waals surface area contributed by atoms with Gasteiger partial charge in [-0.25, -0.2) is 8.42 Å². The van der Waals surface area contributed by atoms with E-state index in [9.17, 15) is 18.0 Å². The molecule has 0 saturated heterocycles. The second-order valence-electron chi connectivity index (χ2n) is 11.2. The second-order valence-corrected chi connectivity index (χ2v) is 13.1. The lowest BCUT2D eigenvalue weighted by Crippen LogP contribution is -2.54. The zero-order chi connectivity index (χ0) is 33.3. The van der Waals surface area contributed by atoms with E-state index in [0.717, 1.165) is 21.0 Å². The van der Waals surface area contributed by atoms with Gasteiger partial charge < -0.3 is 19.7 Å². The first-order valence-electron chi connectivity index (χ1n) is 15.0. The number of nitrogens with zero attached hydrogens (tertiary/aromatic N) is 2. The van der Waals surface area contributed by atoms with Crippen LogP contribution in [0.15, 0.2) is 108 Å². The summed E-state index contributed by atoms with van der Waals surface area (Å²) in [5.41, 5.74) is 2.90. The molecule has 0 fully saturated rings. The minimum atomic E-state index is -4.29. The summed E-state index contributed by atoms with van der Waals surface area (Å²) < 4.78 is 40.3. The van der Waals surface area contributed by atoms with Gasteiger partial charge in [-0.15, -0.1) is 0 Å². The molecule has 0 aliphatic heterocycles. The third kappa shape index (κ3) is 8.45. The van der Waals surface area contributed by atoms with Crippen molar-refractivity contribution in [2.45, 2.75) is 50.7 Å². The Bertz CT molecular complexity index is 1710. The first-order chi connectivity index (χ1) is 22.0. The van der Waals surface area contributed by atoms with Gasteiger partial charge in [-0.1, -0.05) is 72.3 Å². The third-order valence-electron chi connectivity index (χ3n) is 7.46. The van der Waals surface area contributed by atoms with Crippen LogP contribution in [0.5, 0.6) is 11.5 Å². The van der Waals surface area contributed by atoms with Crippen LogP contribution in [0, 0.1) is 6.92 Å². The Morgan fingerprint density at radius 2 is 1.41 bits per heavy atom. The molecule has 4 rings (SSSR count). The smallest absolute Gasteiger partial charge is 0.264 e. The van der Waals surface area contributed by atoms with E-state index in [1.54, 1.807) is 36.4 Å². The molecule has 0 aromatic heterocycles. The number of methoxy groups -OCH3 is 2. The van der Waals surface area contributed by atoms with Gasteiger partial charge in [-0.3, -0.25) is 13.9 Å². The minimum absolute atomic E-state index is 0.0320. The lowest BCUT2D eigenvalue weighted by molar-refractivity contribution is -0.140. The Morgan fingerprint density at radius 1 is 0.783 bits per heavy atom. The number of ether oxygens (including phenoxy) is 2. The van der Waals surface area contributed by atoms with E-state index in [1.165, 1.54) is 31.3 Å². The van der Waals surface area contributed by atoms with E-state index >= 15 is 0 Å². The fourth-order valence-electron chi connectivity index (χ4n) is 5.05. The van der Waals surface area contributed by atoms with Gasteiger partial charge >= 0.3 is 0 Å². The van der Waals surface area contributed by atoms with E-state index in [-0.39, 0.29) is 41.2 Å². The van der Waals surface area contributed by atoms with Crippen LogP contribution >= 0.6 is 0 Å². The fraction of sp³-hybridized carbons (Fsp3) is 0.278. The Kier molecular flexibility index (Phi) is 11.4. The van der Waals surface area contributed by atoms with Crippen molar-refractivity contribution in [3.63, 3.8) is 0 Å². The number of hydrogen-bond acceptors (Lipinski definition) is 6. The molecule has 0 saturated carbocycles. The third-order valence-corrected chi connectivity index (χ3v) is 9.23. The molecule has 2 amide bonds. The number of carbonyl (C=O) groups excluding carboxylic acids is 2. The highest BCUT2D eigenvalue weighted by molar-refractivity contribution is 7.92. The average molecular weight is 644 g/mol. The lowest BCUT2D eigenvalue weighted by atomic mass is 10.0. The molecule has 0 spiro atoms. The van der Waals surface area contributed by atoms with Gasteiger partial charge in [0, 0.05) is 19.0 Å². The number of sulfonamides is 1. The lowest BCUT2D eigenvalue weighted by Gasteiger charge is -2.34. The number of nitrogens with one attached hydrogen (secondary N) is 1. The van der Waals surface area contributed by atoms with Gasteiger partial charge in [-0.2, -0.15) is 0 Å². The number of aryl methyl sites for hydroxylation is 1. The Labute approximate surface area is 271 Å². The molecule has 0 aliphatic rings. The molecule has 4 aromatic carbocycles. The number of anilines is 1. The van der Waals surface area contributed by atoms with Crippen molar-refractivity contribution in [1.29, 1.82) is 0 Å². The summed E-state index contributed by atoms with van der Waals surface area (Å²) in [6.07, 6.45) is 0.233. The number of benzene rings is 4. The van der Waals surface area contributed by atoms with Crippen molar-refractivity contribution in [1.82, 2.24) is 10.2 Å². The molecule has 0 radical (unpaired) electrons. The first-order valence-corrected chi connectivity index (χ1v) is 16.5. The predicted octanol–water partition coefficient (Wildman–Crippen LogP) is 5.37. The molecule has 9 nitrogen and oxygen atoms in total. The summed E-state index contributed by atoms with van der Waals surface area (Å²) >= 11 is 0. The standard InChI is InChI=1S/C36H41N3O6S/c1-26(2)37-36(41)33(23-28-11-7-6-8-12-28)38(24-29-17-15-27(3)16-18-29)35(40)25-39(32-13-9-10-14-34(32)45-5)46(42,43)31-21-19-30(44-4)20-22-31/h6-22,26,33H,23-25H2,1-5H3,(H,37,41). The zero-order valence-electron chi connectivity index (χ0n) is 26.8. The van der Waals surface area contributed by atoms with Crippen molar-refractivity contribution in [2.24, 2.45) is 0 Å². The van der Waals surface area contributed by atoms with Crippen molar-refractivity contribution < 1.29 is 27.5 Å². The van der Waals surface area contributed by atoms with Gasteiger partial charge in [0.2, 0.25) is 11.8 Å². The second kappa shape index (κ2) is 15.4. The predicted molar refractivity (Wildman–Crippen MR) is 179 cm³/mol. The summed E-state index contributed by atoms with van der Waals surface area (Å²) in [4.78, 5) is 29.8. The summed E-state index contributed by atoms with van der Waals surface area (Å²) in [5, 5.41) is 2.97. The topological polar surface area (TPSA) is 105 Å². The minimum Gasteiger partial charge on any atom is -0.497 e. The normalized spacial score (nSPS) is 11.9. The maximum absolute atomic E-state index is 14.6. The summed E-state index contributed by atoms with van der Waals surface area (Å²) in [6, 6.07) is 28.6. The fourth-order valence-corrected chi connectivity index (χ4v) is 6.47. The molecule has 46 heavy (non-hydrogen) atoms. The van der Waals surface area contributed by atoms with Crippen molar-refractivity contribution in [3.05, 3.63) is 120 Å².